The van der Waals surface area contributed by atoms with Gasteiger partial charge in [0.25, 0.3) is 0 Å². The molecule has 0 saturated heterocycles. The smallest absolute Gasteiger partial charge is 0.334 e. The van der Waals surface area contributed by atoms with Gasteiger partial charge in [-0.05, 0) is 0 Å². The maximum Gasteiger partial charge on any atom is 0.334 e. The molecule has 0 radical (unpaired) electrons. The van der Waals surface area contributed by atoms with Crippen molar-refractivity contribution in [1.82, 2.24) is 5.32 Å². The van der Waals surface area contributed by atoms with E-state index in [0.717, 1.165) is 12.4 Å². The lowest BCUT2D eigenvalue weighted by molar-refractivity contribution is -0.136. The molecule has 0 fully saturated rings. The van der Waals surface area contributed by atoms with Gasteiger partial charge in [-0.1, -0.05) is 0 Å². The van der Waals surface area contributed by atoms with Crippen molar-refractivity contribution >= 4 is 17.8 Å². The third-order valence-corrected chi connectivity index (χ3v) is 1.88. The van der Waals surface area contributed by atoms with Crippen molar-refractivity contribution in [1.29, 1.82) is 0 Å². The third-order valence-electron chi connectivity index (χ3n) is 1.88. The summed E-state index contributed by atoms with van der Waals surface area (Å²) in [6, 6.07) is 0. The highest BCUT2D eigenvalue weighted by Crippen LogP contribution is 2.22. The Bertz CT molecular complexity index is 366. The summed E-state index contributed by atoms with van der Waals surface area (Å²) in [6.45, 7) is 0. The SMILES string of the molecule is NC(=O)C1C(C(=O)O)=CNC=C1C(=O)O. The molecule has 80 valence electrons. The first-order valence-corrected chi connectivity index (χ1v) is 3.87. The van der Waals surface area contributed by atoms with Crippen LogP contribution in [-0.4, -0.2) is 28.1 Å². The Kier molecular flexibility index (Phi) is 2.75. The van der Waals surface area contributed by atoms with Crippen LogP contribution in [0.5, 0.6) is 0 Å². The Morgan fingerprint density at radius 2 is 1.53 bits per heavy atom. The van der Waals surface area contributed by atoms with Gasteiger partial charge in [0, 0.05) is 12.4 Å². The molecule has 0 aromatic heterocycles. The fourth-order valence-corrected chi connectivity index (χ4v) is 1.23. The largest absolute Gasteiger partial charge is 0.478 e. The van der Waals surface area contributed by atoms with Crippen LogP contribution >= 0.6 is 0 Å². The highest BCUT2D eigenvalue weighted by molar-refractivity contribution is 6.04. The van der Waals surface area contributed by atoms with E-state index in [1.807, 2.05) is 0 Å². The van der Waals surface area contributed by atoms with Gasteiger partial charge in [-0.3, -0.25) is 4.79 Å². The van der Waals surface area contributed by atoms with E-state index in [1.54, 1.807) is 0 Å². The molecule has 0 aliphatic carbocycles. The first kappa shape index (κ1) is 10.8. The number of hydrogen-bond donors (Lipinski definition) is 4. The van der Waals surface area contributed by atoms with Gasteiger partial charge < -0.3 is 21.3 Å². The summed E-state index contributed by atoms with van der Waals surface area (Å²) in [7, 11) is 0. The molecule has 0 bridgehead atoms. The van der Waals surface area contributed by atoms with Crippen molar-refractivity contribution in [3.05, 3.63) is 23.5 Å². The van der Waals surface area contributed by atoms with Crippen LogP contribution in [0.3, 0.4) is 0 Å². The van der Waals surface area contributed by atoms with Crippen molar-refractivity contribution in [2.24, 2.45) is 11.7 Å². The van der Waals surface area contributed by atoms with Crippen molar-refractivity contribution < 1.29 is 24.6 Å². The predicted molar refractivity (Wildman–Crippen MR) is 47.3 cm³/mol. The van der Waals surface area contributed by atoms with Gasteiger partial charge in [0.1, 0.15) is 5.92 Å². The molecule has 0 aromatic rings. The van der Waals surface area contributed by atoms with Crippen LogP contribution in [0.25, 0.3) is 0 Å². The van der Waals surface area contributed by atoms with Crippen LogP contribution in [-0.2, 0) is 14.4 Å². The molecule has 5 N–H and O–H groups in total. The molecule has 7 heteroatoms. The summed E-state index contributed by atoms with van der Waals surface area (Å²) in [4.78, 5) is 32.4. The van der Waals surface area contributed by atoms with Gasteiger partial charge in [0.2, 0.25) is 5.91 Å². The monoisotopic (exact) mass is 212 g/mol. The van der Waals surface area contributed by atoms with Crippen molar-refractivity contribution in [3.63, 3.8) is 0 Å². The summed E-state index contributed by atoms with van der Waals surface area (Å²) in [5, 5.41) is 19.8. The molecule has 0 saturated carbocycles. The molecule has 0 aromatic carbocycles. The standard InChI is InChI=1S/C8H8N2O5/c9-6(11)5-3(7(12)13)1-10-2-4(5)8(14)15/h1-2,5,10H,(H2,9,11)(H,12,13)(H,14,15). The number of dihydropyridines is 1. The molecule has 0 atom stereocenters. The Labute approximate surface area is 83.9 Å². The van der Waals surface area contributed by atoms with Gasteiger partial charge in [0.05, 0.1) is 11.1 Å². The zero-order valence-corrected chi connectivity index (χ0v) is 7.43. The molecule has 1 amide bonds. The van der Waals surface area contributed by atoms with Crippen molar-refractivity contribution in [3.8, 4) is 0 Å². The Hall–Kier alpha value is -2.31. The first-order chi connectivity index (χ1) is 6.95. The van der Waals surface area contributed by atoms with E-state index in [2.05, 4.69) is 5.32 Å². The molecule has 7 nitrogen and oxygen atoms in total. The number of nitrogens with two attached hydrogens (primary N) is 1. The van der Waals surface area contributed by atoms with Gasteiger partial charge >= 0.3 is 11.9 Å². The second kappa shape index (κ2) is 3.82. The van der Waals surface area contributed by atoms with Gasteiger partial charge in [0.15, 0.2) is 0 Å². The number of rotatable bonds is 3. The summed E-state index contributed by atoms with van der Waals surface area (Å²) in [5.41, 5.74) is 4.18. The fraction of sp³-hybridized carbons (Fsp3) is 0.125. The number of aliphatic carboxylic acids is 2. The number of carbonyl (C=O) groups is 3. The summed E-state index contributed by atoms with van der Waals surface area (Å²) >= 11 is 0. The second-order valence-electron chi connectivity index (χ2n) is 2.81. The number of amides is 1. The zero-order valence-electron chi connectivity index (χ0n) is 7.43. The molecular weight excluding hydrogens is 204 g/mol. The van der Waals surface area contributed by atoms with Crippen LogP contribution in [0.1, 0.15) is 0 Å². The summed E-state index contributed by atoms with van der Waals surface area (Å²) < 4.78 is 0. The maximum atomic E-state index is 11.0. The highest BCUT2D eigenvalue weighted by Gasteiger charge is 2.34. The van der Waals surface area contributed by atoms with E-state index in [4.69, 9.17) is 15.9 Å². The van der Waals surface area contributed by atoms with E-state index in [1.165, 1.54) is 0 Å². The summed E-state index contributed by atoms with van der Waals surface area (Å²) in [5.74, 6) is -5.23. The van der Waals surface area contributed by atoms with Gasteiger partial charge in [-0.25, -0.2) is 9.59 Å². The van der Waals surface area contributed by atoms with E-state index in [0.29, 0.717) is 0 Å². The van der Waals surface area contributed by atoms with Gasteiger partial charge in [-0.2, -0.15) is 0 Å². The molecular formula is C8H8N2O5. The zero-order chi connectivity index (χ0) is 11.6. The molecule has 1 rings (SSSR count). The number of nitrogens with one attached hydrogen (secondary N) is 1. The van der Waals surface area contributed by atoms with Crippen LogP contribution in [0.2, 0.25) is 0 Å². The van der Waals surface area contributed by atoms with E-state index in [9.17, 15) is 14.4 Å². The van der Waals surface area contributed by atoms with E-state index < -0.39 is 23.8 Å². The first-order valence-electron chi connectivity index (χ1n) is 3.87. The molecule has 0 unspecified atom stereocenters. The lowest BCUT2D eigenvalue weighted by atomic mass is 9.89. The number of carbonyl (C=O) groups excluding carboxylic acids is 1. The Morgan fingerprint density at radius 1 is 1.13 bits per heavy atom. The topological polar surface area (TPSA) is 130 Å². The second-order valence-corrected chi connectivity index (χ2v) is 2.81. The third kappa shape index (κ3) is 1.96. The number of carboxylic acid groups (broad SMARTS) is 2. The minimum atomic E-state index is -1.43. The predicted octanol–water partition coefficient (Wildman–Crippen LogP) is -1.37. The van der Waals surface area contributed by atoms with Gasteiger partial charge in [-0.15, -0.1) is 0 Å². The quantitative estimate of drug-likeness (QED) is 0.456. The molecule has 1 aliphatic heterocycles. The van der Waals surface area contributed by atoms with Crippen LogP contribution < -0.4 is 11.1 Å². The number of carboxylic acids is 2. The van der Waals surface area contributed by atoms with Crippen LogP contribution in [0.15, 0.2) is 23.5 Å². The Morgan fingerprint density at radius 3 is 1.80 bits per heavy atom. The minimum Gasteiger partial charge on any atom is -0.478 e. The molecule has 1 heterocycles. The van der Waals surface area contributed by atoms with Crippen LogP contribution in [0.4, 0.5) is 0 Å². The lowest BCUT2D eigenvalue weighted by Crippen LogP contribution is -2.35. The number of primary amides is 1. The van der Waals surface area contributed by atoms with E-state index in [-0.39, 0.29) is 11.1 Å². The highest BCUT2D eigenvalue weighted by atomic mass is 16.4. The van der Waals surface area contributed by atoms with Crippen molar-refractivity contribution in [2.75, 3.05) is 0 Å². The van der Waals surface area contributed by atoms with Crippen molar-refractivity contribution in [2.45, 2.75) is 0 Å². The fourth-order valence-electron chi connectivity index (χ4n) is 1.23. The van der Waals surface area contributed by atoms with Crippen LogP contribution in [0, 0.1) is 5.92 Å². The average molecular weight is 212 g/mol. The Balaban J connectivity index is 3.15. The number of hydrogen-bond acceptors (Lipinski definition) is 4. The average Bonchev–Trinajstić information content (AvgIpc) is 2.16. The normalized spacial score (nSPS) is 16.0. The minimum absolute atomic E-state index is 0.387. The molecule has 1 aliphatic rings. The lowest BCUT2D eigenvalue weighted by Gasteiger charge is -2.18. The van der Waals surface area contributed by atoms with E-state index >= 15 is 0 Å². The maximum absolute atomic E-state index is 11.0. The molecule has 15 heavy (non-hydrogen) atoms. The summed E-state index contributed by atoms with van der Waals surface area (Å²) in [6.07, 6.45) is 2.06. The molecule has 0 spiro atoms.